The predicted molar refractivity (Wildman–Crippen MR) is 109 cm³/mol. The van der Waals surface area contributed by atoms with Crippen molar-refractivity contribution in [1.29, 1.82) is 0 Å². The molecule has 10 heteroatoms. The third kappa shape index (κ3) is 4.96. The number of benzene rings is 2. The molecular weight excluding hydrogens is 433 g/mol. The van der Waals surface area contributed by atoms with Gasteiger partial charge in [0, 0.05) is 17.8 Å². The van der Waals surface area contributed by atoms with Gasteiger partial charge in [0.15, 0.2) is 11.6 Å². The average molecular weight is 451 g/mol. The minimum atomic E-state index is -4.69. The van der Waals surface area contributed by atoms with Gasteiger partial charge in [0.05, 0.1) is 35.3 Å². The molecule has 0 spiro atoms. The summed E-state index contributed by atoms with van der Waals surface area (Å²) in [5.41, 5.74) is -0.369. The highest BCUT2D eigenvalue weighted by atomic mass is 19.4. The predicted octanol–water partition coefficient (Wildman–Crippen LogP) is 6.00. The normalized spacial score (nSPS) is 11.2. The number of carbonyl (C=O) groups is 1. The number of carbonyl (C=O) groups excluding carboxylic acids is 1. The number of hydrogen-bond acceptors (Lipinski definition) is 4. The Labute approximate surface area is 180 Å². The van der Waals surface area contributed by atoms with Crippen molar-refractivity contribution in [2.75, 3.05) is 17.7 Å². The molecule has 0 unspecified atom stereocenters. The summed E-state index contributed by atoms with van der Waals surface area (Å²) < 4.78 is 71.9. The molecule has 0 aliphatic rings. The third-order valence-corrected chi connectivity index (χ3v) is 4.65. The quantitative estimate of drug-likeness (QED) is 0.467. The standard InChI is InChI=1S/C22H18F5N3O2/c1-11-8-15(23)16(24)10-19(11)29-18-5-4-13(22(25,26)27)9-14(18)21(31)30-17-6-7-20(32-3)28-12(17)2/h4-10,29H,1-3H3,(H,30,31). The van der Waals surface area contributed by atoms with E-state index in [0.717, 1.165) is 24.3 Å². The lowest BCUT2D eigenvalue weighted by Crippen LogP contribution is -2.17. The summed E-state index contributed by atoms with van der Waals surface area (Å²) in [7, 11) is 1.42. The van der Waals surface area contributed by atoms with E-state index >= 15 is 0 Å². The summed E-state index contributed by atoms with van der Waals surface area (Å²) in [6.07, 6.45) is -4.69. The molecule has 1 amide bonds. The summed E-state index contributed by atoms with van der Waals surface area (Å²) in [5.74, 6) is -2.76. The zero-order chi connectivity index (χ0) is 23.6. The molecule has 0 saturated heterocycles. The van der Waals surface area contributed by atoms with Gasteiger partial charge in [-0.05, 0) is 49.7 Å². The van der Waals surface area contributed by atoms with Crippen LogP contribution < -0.4 is 15.4 Å². The van der Waals surface area contributed by atoms with Crippen molar-refractivity contribution in [2.24, 2.45) is 0 Å². The van der Waals surface area contributed by atoms with Gasteiger partial charge in [-0.25, -0.2) is 13.8 Å². The fraction of sp³-hybridized carbons (Fsp3) is 0.182. The largest absolute Gasteiger partial charge is 0.481 e. The van der Waals surface area contributed by atoms with Gasteiger partial charge in [0.25, 0.3) is 5.91 Å². The van der Waals surface area contributed by atoms with Crippen molar-refractivity contribution in [2.45, 2.75) is 20.0 Å². The zero-order valence-corrected chi connectivity index (χ0v) is 17.2. The van der Waals surface area contributed by atoms with Crippen LogP contribution in [0.4, 0.5) is 39.0 Å². The molecule has 0 atom stereocenters. The Morgan fingerprint density at radius 1 is 0.938 bits per heavy atom. The number of aryl methyl sites for hydroxylation is 2. The van der Waals surface area contributed by atoms with E-state index in [1.54, 1.807) is 6.92 Å². The number of anilines is 3. The van der Waals surface area contributed by atoms with E-state index in [4.69, 9.17) is 4.74 Å². The second-order valence-corrected chi connectivity index (χ2v) is 6.91. The second-order valence-electron chi connectivity index (χ2n) is 6.91. The molecular formula is C22H18F5N3O2. The van der Waals surface area contributed by atoms with Crippen LogP contribution in [0.5, 0.6) is 5.88 Å². The highest BCUT2D eigenvalue weighted by Crippen LogP contribution is 2.34. The van der Waals surface area contributed by atoms with Crippen molar-refractivity contribution < 1.29 is 31.5 Å². The van der Waals surface area contributed by atoms with Gasteiger partial charge in [-0.3, -0.25) is 4.79 Å². The van der Waals surface area contributed by atoms with Crippen LogP contribution >= 0.6 is 0 Å². The number of hydrogen-bond donors (Lipinski definition) is 2. The Hall–Kier alpha value is -3.69. The van der Waals surface area contributed by atoms with Gasteiger partial charge >= 0.3 is 6.18 Å². The Balaban J connectivity index is 2.02. The molecule has 5 nitrogen and oxygen atoms in total. The summed E-state index contributed by atoms with van der Waals surface area (Å²) in [5, 5.41) is 5.24. The molecule has 168 valence electrons. The zero-order valence-electron chi connectivity index (χ0n) is 17.2. The maximum absolute atomic E-state index is 13.7. The van der Waals surface area contributed by atoms with Crippen LogP contribution in [-0.4, -0.2) is 18.0 Å². The Morgan fingerprint density at radius 2 is 1.59 bits per heavy atom. The molecule has 0 radical (unpaired) electrons. The molecule has 1 heterocycles. The molecule has 2 N–H and O–H groups in total. The van der Waals surface area contributed by atoms with E-state index in [9.17, 15) is 26.7 Å². The number of amides is 1. The molecule has 3 aromatic rings. The topological polar surface area (TPSA) is 63.2 Å². The van der Waals surface area contributed by atoms with Gasteiger partial charge in [-0.1, -0.05) is 0 Å². The van der Waals surface area contributed by atoms with Gasteiger partial charge in [-0.15, -0.1) is 0 Å². The lowest BCUT2D eigenvalue weighted by Gasteiger charge is -2.17. The van der Waals surface area contributed by atoms with Crippen molar-refractivity contribution in [1.82, 2.24) is 4.98 Å². The van der Waals surface area contributed by atoms with E-state index in [-0.39, 0.29) is 22.6 Å². The molecule has 0 bridgehead atoms. The number of alkyl halides is 3. The summed E-state index contributed by atoms with van der Waals surface area (Å²) in [6.45, 7) is 3.08. The number of rotatable bonds is 5. The number of nitrogens with zero attached hydrogens (tertiary/aromatic N) is 1. The molecule has 0 aliphatic carbocycles. The minimum absolute atomic E-state index is 0.0243. The number of ether oxygens (including phenoxy) is 1. The van der Waals surface area contributed by atoms with Crippen LogP contribution in [-0.2, 0) is 6.18 Å². The number of nitrogens with one attached hydrogen (secondary N) is 2. The van der Waals surface area contributed by atoms with Crippen molar-refractivity contribution in [3.63, 3.8) is 0 Å². The van der Waals surface area contributed by atoms with E-state index in [2.05, 4.69) is 15.6 Å². The minimum Gasteiger partial charge on any atom is -0.481 e. The number of methoxy groups -OCH3 is 1. The maximum Gasteiger partial charge on any atom is 0.416 e. The fourth-order valence-electron chi connectivity index (χ4n) is 2.92. The first-order valence-corrected chi connectivity index (χ1v) is 9.26. The van der Waals surface area contributed by atoms with Crippen LogP contribution in [0.25, 0.3) is 0 Å². The highest BCUT2D eigenvalue weighted by molar-refractivity contribution is 6.08. The smallest absolute Gasteiger partial charge is 0.416 e. The van der Waals surface area contributed by atoms with Crippen molar-refractivity contribution in [3.8, 4) is 5.88 Å². The van der Waals surface area contributed by atoms with E-state index in [0.29, 0.717) is 23.2 Å². The third-order valence-electron chi connectivity index (χ3n) is 4.65. The van der Waals surface area contributed by atoms with Crippen LogP contribution in [0.3, 0.4) is 0 Å². The lowest BCUT2D eigenvalue weighted by atomic mass is 10.1. The Bertz CT molecular complexity index is 1180. The fourth-order valence-corrected chi connectivity index (χ4v) is 2.92. The molecule has 0 fully saturated rings. The monoisotopic (exact) mass is 451 g/mol. The number of halogens is 5. The van der Waals surface area contributed by atoms with Crippen LogP contribution in [0.15, 0.2) is 42.5 Å². The Kier molecular flexibility index (Phi) is 6.33. The molecule has 1 aromatic heterocycles. The first kappa shape index (κ1) is 23.0. The van der Waals surface area contributed by atoms with Crippen molar-refractivity contribution >= 4 is 23.0 Å². The van der Waals surface area contributed by atoms with Gasteiger partial charge in [0.1, 0.15) is 0 Å². The lowest BCUT2D eigenvalue weighted by molar-refractivity contribution is -0.137. The van der Waals surface area contributed by atoms with Crippen LogP contribution in [0.1, 0.15) is 27.2 Å². The van der Waals surface area contributed by atoms with Gasteiger partial charge < -0.3 is 15.4 Å². The average Bonchev–Trinajstić information content (AvgIpc) is 2.72. The van der Waals surface area contributed by atoms with E-state index in [1.165, 1.54) is 26.2 Å². The highest BCUT2D eigenvalue weighted by Gasteiger charge is 2.32. The number of pyridine rings is 1. The van der Waals surface area contributed by atoms with E-state index < -0.39 is 29.3 Å². The van der Waals surface area contributed by atoms with Gasteiger partial charge in [-0.2, -0.15) is 13.2 Å². The van der Waals surface area contributed by atoms with Crippen molar-refractivity contribution in [3.05, 3.63) is 76.5 Å². The Morgan fingerprint density at radius 3 is 2.22 bits per heavy atom. The second kappa shape index (κ2) is 8.81. The molecule has 0 saturated carbocycles. The molecule has 32 heavy (non-hydrogen) atoms. The summed E-state index contributed by atoms with van der Waals surface area (Å²) in [4.78, 5) is 17.0. The SMILES string of the molecule is COc1ccc(NC(=O)c2cc(C(F)(F)F)ccc2Nc2cc(F)c(F)cc2C)c(C)n1. The molecule has 3 rings (SSSR count). The summed E-state index contributed by atoms with van der Waals surface area (Å²) in [6, 6.07) is 7.30. The van der Waals surface area contributed by atoms with E-state index in [1.807, 2.05) is 0 Å². The van der Waals surface area contributed by atoms with Gasteiger partial charge in [0.2, 0.25) is 5.88 Å². The first-order chi connectivity index (χ1) is 15.0. The van der Waals surface area contributed by atoms with Crippen LogP contribution in [0, 0.1) is 25.5 Å². The first-order valence-electron chi connectivity index (χ1n) is 9.26. The molecule has 0 aliphatic heterocycles. The van der Waals surface area contributed by atoms with Crippen LogP contribution in [0.2, 0.25) is 0 Å². The molecule has 2 aromatic carbocycles. The maximum atomic E-state index is 13.7. The number of aromatic nitrogens is 1. The summed E-state index contributed by atoms with van der Waals surface area (Å²) >= 11 is 0.